The molecule has 2 aromatic heterocycles. The lowest BCUT2D eigenvalue weighted by Gasteiger charge is -2.29. The Bertz CT molecular complexity index is 1250. The van der Waals surface area contributed by atoms with Gasteiger partial charge in [-0.3, -0.25) is 9.78 Å². The highest BCUT2D eigenvalue weighted by atomic mass is 32.1. The number of carbonyl (C=O) groups is 1. The van der Waals surface area contributed by atoms with E-state index in [9.17, 15) is 9.18 Å². The molecule has 5 rings (SSSR count). The van der Waals surface area contributed by atoms with Crippen LogP contribution in [0.4, 0.5) is 10.1 Å². The molecule has 0 unspecified atom stereocenters. The molecule has 0 radical (unpaired) electrons. The second-order valence-corrected chi connectivity index (χ2v) is 10.5. The molecule has 0 bridgehead atoms. The fourth-order valence-corrected chi connectivity index (χ4v) is 6.30. The first-order valence-corrected chi connectivity index (χ1v) is 13.5. The number of carbonyl (C=O) groups excluding carboxylic acids is 1. The lowest BCUT2D eigenvalue weighted by Crippen LogP contribution is -2.33. The Kier molecular flexibility index (Phi) is 7.55. The van der Waals surface area contributed by atoms with Gasteiger partial charge in [-0.05, 0) is 86.9 Å². The Labute approximate surface area is 223 Å². The first-order valence-electron chi connectivity index (χ1n) is 13.1. The molecule has 8 heteroatoms. The third-order valence-electron chi connectivity index (χ3n) is 7.69. The largest absolute Gasteiger partial charge is 0.352 e. The fourth-order valence-electron chi connectivity index (χ4n) is 5.97. The van der Waals surface area contributed by atoms with E-state index in [1.165, 1.54) is 61.2 Å². The predicted octanol–water partition coefficient (Wildman–Crippen LogP) is 6.15. The summed E-state index contributed by atoms with van der Waals surface area (Å²) in [4.78, 5) is 19.6. The number of hydrogen-bond donors (Lipinski definition) is 2. The van der Waals surface area contributed by atoms with Gasteiger partial charge in [-0.1, -0.05) is 25.3 Å². The van der Waals surface area contributed by atoms with E-state index in [1.54, 1.807) is 18.3 Å². The zero-order valence-corrected chi connectivity index (χ0v) is 22.2. The van der Waals surface area contributed by atoms with Crippen LogP contribution >= 0.6 is 12.2 Å². The maximum Gasteiger partial charge on any atom is 0.226 e. The Morgan fingerprint density at radius 1 is 1.14 bits per heavy atom. The summed E-state index contributed by atoms with van der Waals surface area (Å²) in [6, 6.07) is 14.4. The van der Waals surface area contributed by atoms with E-state index in [0.717, 1.165) is 5.69 Å². The fraction of sp³-hybridized carbons (Fsp3) is 0.414. The van der Waals surface area contributed by atoms with Crippen LogP contribution in [0.3, 0.4) is 0 Å². The van der Waals surface area contributed by atoms with Crippen molar-refractivity contribution in [3.8, 4) is 0 Å². The average molecular weight is 520 g/mol. The molecule has 37 heavy (non-hydrogen) atoms. The minimum atomic E-state index is -0.333. The van der Waals surface area contributed by atoms with Crippen LogP contribution in [0, 0.1) is 19.7 Å². The summed E-state index contributed by atoms with van der Waals surface area (Å²) in [5.74, 6) is -0.470. The van der Waals surface area contributed by atoms with Gasteiger partial charge in [0, 0.05) is 42.3 Å². The molecule has 2 N–H and O–H groups in total. The van der Waals surface area contributed by atoms with E-state index in [0.29, 0.717) is 23.4 Å². The van der Waals surface area contributed by atoms with E-state index < -0.39 is 0 Å². The molecule has 6 nitrogen and oxygen atoms in total. The maximum absolute atomic E-state index is 13.2. The smallest absolute Gasteiger partial charge is 0.226 e. The molecular formula is C29H34FN5OS. The number of benzene rings is 1. The van der Waals surface area contributed by atoms with Crippen molar-refractivity contribution in [1.29, 1.82) is 0 Å². The summed E-state index contributed by atoms with van der Waals surface area (Å²) in [7, 11) is 0. The van der Waals surface area contributed by atoms with Crippen molar-refractivity contribution in [1.82, 2.24) is 19.8 Å². The van der Waals surface area contributed by atoms with Crippen molar-refractivity contribution >= 4 is 28.9 Å². The number of thiocarbonyl (C=S) groups is 1. The second kappa shape index (κ2) is 11.0. The number of pyridine rings is 1. The molecule has 1 aliphatic carbocycles. The Morgan fingerprint density at radius 2 is 1.89 bits per heavy atom. The van der Waals surface area contributed by atoms with E-state index in [1.807, 2.05) is 18.2 Å². The van der Waals surface area contributed by atoms with Gasteiger partial charge in [0.1, 0.15) is 5.82 Å². The molecule has 0 spiro atoms. The lowest BCUT2D eigenvalue weighted by molar-refractivity contribution is -0.116. The number of amides is 1. The van der Waals surface area contributed by atoms with Crippen LogP contribution < -0.4 is 10.6 Å². The SMILES string of the molecule is Cc1cc([C@H]2[C@H](c3ccccn3)NC(=S)N2CCC(=O)Nc2ccc(F)cc2)c(C)n1C1CCCCC1. The summed E-state index contributed by atoms with van der Waals surface area (Å²) in [6.45, 7) is 4.87. The van der Waals surface area contributed by atoms with Crippen LogP contribution in [0.2, 0.25) is 0 Å². The molecule has 1 saturated heterocycles. The molecule has 3 aromatic rings. The lowest BCUT2D eigenvalue weighted by atomic mass is 9.94. The van der Waals surface area contributed by atoms with E-state index in [-0.39, 0.29) is 30.2 Å². The minimum absolute atomic E-state index is 0.0791. The minimum Gasteiger partial charge on any atom is -0.352 e. The number of aryl methyl sites for hydroxylation is 1. The first kappa shape index (κ1) is 25.4. The van der Waals surface area contributed by atoms with Gasteiger partial charge in [-0.15, -0.1) is 0 Å². The summed E-state index contributed by atoms with van der Waals surface area (Å²) >= 11 is 5.81. The normalized spacial score (nSPS) is 20.2. The van der Waals surface area contributed by atoms with Crippen LogP contribution in [0.25, 0.3) is 0 Å². The van der Waals surface area contributed by atoms with Crippen LogP contribution in [0.5, 0.6) is 0 Å². The van der Waals surface area contributed by atoms with Crippen LogP contribution in [-0.2, 0) is 4.79 Å². The van der Waals surface area contributed by atoms with Crippen molar-refractivity contribution in [3.05, 3.63) is 83.2 Å². The Balaban J connectivity index is 1.42. The summed E-state index contributed by atoms with van der Waals surface area (Å²) in [5.41, 5.74) is 5.27. The zero-order chi connectivity index (χ0) is 25.9. The van der Waals surface area contributed by atoms with Gasteiger partial charge < -0.3 is 20.1 Å². The van der Waals surface area contributed by atoms with Crippen LogP contribution in [0.1, 0.15) is 79.3 Å². The van der Waals surface area contributed by atoms with Crippen molar-refractivity contribution in [2.75, 3.05) is 11.9 Å². The molecule has 1 amide bonds. The van der Waals surface area contributed by atoms with Gasteiger partial charge in [0.2, 0.25) is 5.91 Å². The molecule has 3 heterocycles. The van der Waals surface area contributed by atoms with Gasteiger partial charge in [0.25, 0.3) is 0 Å². The molecule has 194 valence electrons. The number of rotatable bonds is 7. The zero-order valence-electron chi connectivity index (χ0n) is 21.4. The molecule has 2 fully saturated rings. The molecule has 1 aliphatic heterocycles. The Hall–Kier alpha value is -3.26. The summed E-state index contributed by atoms with van der Waals surface area (Å²) in [6.07, 6.45) is 8.37. The van der Waals surface area contributed by atoms with Crippen molar-refractivity contribution in [2.45, 2.75) is 70.5 Å². The number of halogens is 1. The standard InChI is InChI=1S/C29H34FN5OS/c1-19-18-24(20(2)35(19)23-8-4-3-5-9-23)28-27(25-10-6-7-16-31-25)33-29(37)34(28)17-15-26(36)32-22-13-11-21(30)12-14-22/h6-7,10-14,16,18,23,27-28H,3-5,8-9,15,17H2,1-2H3,(H,32,36)(H,33,37)/t27-,28-/m0/s1. The average Bonchev–Trinajstić information content (AvgIpc) is 3.39. The van der Waals surface area contributed by atoms with Crippen molar-refractivity contribution in [2.24, 2.45) is 0 Å². The Morgan fingerprint density at radius 3 is 2.59 bits per heavy atom. The second-order valence-electron chi connectivity index (χ2n) is 10.1. The number of nitrogens with one attached hydrogen (secondary N) is 2. The molecular weight excluding hydrogens is 485 g/mol. The quantitative estimate of drug-likeness (QED) is 0.367. The highest BCUT2D eigenvalue weighted by molar-refractivity contribution is 7.80. The predicted molar refractivity (Wildman–Crippen MR) is 148 cm³/mol. The molecule has 2 atom stereocenters. The number of aromatic nitrogens is 2. The van der Waals surface area contributed by atoms with Gasteiger partial charge in [0.05, 0.1) is 17.8 Å². The number of nitrogens with zero attached hydrogens (tertiary/aromatic N) is 3. The van der Waals surface area contributed by atoms with Gasteiger partial charge in [-0.25, -0.2) is 4.39 Å². The number of hydrogen-bond acceptors (Lipinski definition) is 3. The molecule has 1 saturated carbocycles. The van der Waals surface area contributed by atoms with Crippen LogP contribution in [0.15, 0.2) is 54.7 Å². The van der Waals surface area contributed by atoms with Gasteiger partial charge >= 0.3 is 0 Å². The van der Waals surface area contributed by atoms with Crippen molar-refractivity contribution in [3.63, 3.8) is 0 Å². The van der Waals surface area contributed by atoms with Gasteiger partial charge in [-0.2, -0.15) is 0 Å². The van der Waals surface area contributed by atoms with E-state index >= 15 is 0 Å². The topological polar surface area (TPSA) is 62.2 Å². The maximum atomic E-state index is 13.2. The molecule has 2 aliphatic rings. The highest BCUT2D eigenvalue weighted by Crippen LogP contribution is 2.42. The third kappa shape index (κ3) is 5.39. The molecule has 1 aromatic carbocycles. The highest BCUT2D eigenvalue weighted by Gasteiger charge is 2.41. The van der Waals surface area contributed by atoms with Crippen LogP contribution in [-0.4, -0.2) is 32.0 Å². The monoisotopic (exact) mass is 519 g/mol. The summed E-state index contributed by atoms with van der Waals surface area (Å²) < 4.78 is 15.8. The van der Waals surface area contributed by atoms with E-state index in [2.05, 4.69) is 45.0 Å². The van der Waals surface area contributed by atoms with Crippen molar-refractivity contribution < 1.29 is 9.18 Å². The number of anilines is 1. The summed E-state index contributed by atoms with van der Waals surface area (Å²) in [5, 5.41) is 6.98. The van der Waals surface area contributed by atoms with E-state index in [4.69, 9.17) is 12.2 Å². The first-order chi connectivity index (χ1) is 17.9. The van der Waals surface area contributed by atoms with Gasteiger partial charge in [0.15, 0.2) is 5.11 Å². The third-order valence-corrected chi connectivity index (χ3v) is 8.04.